The van der Waals surface area contributed by atoms with Crippen LogP contribution >= 0.6 is 0 Å². The van der Waals surface area contributed by atoms with E-state index < -0.39 is 5.97 Å². The predicted octanol–water partition coefficient (Wildman–Crippen LogP) is 0.606. The van der Waals surface area contributed by atoms with Crippen molar-refractivity contribution in [3.63, 3.8) is 0 Å². The number of allylic oxidation sites excluding steroid dienone is 1. The van der Waals surface area contributed by atoms with Gasteiger partial charge >= 0.3 is 5.97 Å². The molecule has 0 aromatic heterocycles. The van der Waals surface area contributed by atoms with Gasteiger partial charge in [-0.2, -0.15) is 0 Å². The van der Waals surface area contributed by atoms with Gasteiger partial charge in [-0.15, -0.1) is 0 Å². The molecule has 0 aliphatic rings. The van der Waals surface area contributed by atoms with Gasteiger partial charge in [0.2, 0.25) is 0 Å². The van der Waals surface area contributed by atoms with E-state index in [1.807, 2.05) is 0 Å². The minimum absolute atomic E-state index is 0.211. The highest BCUT2D eigenvalue weighted by molar-refractivity contribution is 5.98. The highest BCUT2D eigenvalue weighted by Crippen LogP contribution is 1.91. The number of carbonyl (C=O) groups is 2. The Hall–Kier alpha value is -1.12. The summed E-state index contributed by atoms with van der Waals surface area (Å²) in [6, 6.07) is 0. The number of aliphatic carboxylic acids is 1. The van der Waals surface area contributed by atoms with Gasteiger partial charge in [0.15, 0.2) is 5.78 Å². The molecule has 50 valence electrons. The van der Waals surface area contributed by atoms with Crippen LogP contribution in [0.25, 0.3) is 0 Å². The molecule has 0 aliphatic heterocycles. The van der Waals surface area contributed by atoms with E-state index in [9.17, 15) is 9.59 Å². The topological polar surface area (TPSA) is 54.4 Å². The summed E-state index contributed by atoms with van der Waals surface area (Å²) in [5.74, 6) is -1.29. The van der Waals surface area contributed by atoms with Crippen LogP contribution in [0.1, 0.15) is 13.8 Å². The summed E-state index contributed by atoms with van der Waals surface area (Å²) in [5.41, 5.74) is 0.266. The molecule has 1 N–H and O–H groups in total. The summed E-state index contributed by atoms with van der Waals surface area (Å²) >= 11 is 0. The summed E-state index contributed by atoms with van der Waals surface area (Å²) in [4.78, 5) is 20.2. The van der Waals surface area contributed by atoms with Gasteiger partial charge < -0.3 is 5.11 Å². The standard InChI is InChI=1S/C6H8O3/c1-4(5(2)7)3-6(8)9/h3H,1-2H3,(H,8,9)/b4-3+. The first kappa shape index (κ1) is 7.88. The van der Waals surface area contributed by atoms with E-state index in [0.717, 1.165) is 6.08 Å². The average molecular weight is 128 g/mol. The van der Waals surface area contributed by atoms with E-state index in [-0.39, 0.29) is 11.4 Å². The van der Waals surface area contributed by atoms with Crippen molar-refractivity contribution in [3.05, 3.63) is 11.6 Å². The molecule has 0 rings (SSSR count). The largest absolute Gasteiger partial charge is 0.478 e. The van der Waals surface area contributed by atoms with Gasteiger partial charge in [-0.3, -0.25) is 4.79 Å². The predicted molar refractivity (Wildman–Crippen MR) is 32.1 cm³/mol. The van der Waals surface area contributed by atoms with Crippen molar-refractivity contribution in [1.82, 2.24) is 0 Å². The molecule has 0 atom stereocenters. The Bertz CT molecular complexity index is 167. The van der Waals surface area contributed by atoms with Crippen LogP contribution in [0.3, 0.4) is 0 Å². The minimum atomic E-state index is -1.08. The fraction of sp³-hybridized carbons (Fsp3) is 0.333. The highest BCUT2D eigenvalue weighted by Gasteiger charge is 1.97. The smallest absolute Gasteiger partial charge is 0.328 e. The van der Waals surface area contributed by atoms with E-state index in [0.29, 0.717) is 0 Å². The monoisotopic (exact) mass is 128 g/mol. The van der Waals surface area contributed by atoms with Crippen LogP contribution in [-0.2, 0) is 9.59 Å². The lowest BCUT2D eigenvalue weighted by Gasteiger charge is -1.87. The Morgan fingerprint density at radius 1 is 1.33 bits per heavy atom. The fourth-order valence-corrected chi connectivity index (χ4v) is 0.287. The van der Waals surface area contributed by atoms with Gasteiger partial charge in [0.25, 0.3) is 0 Å². The van der Waals surface area contributed by atoms with Crippen molar-refractivity contribution in [3.8, 4) is 0 Å². The lowest BCUT2D eigenvalue weighted by molar-refractivity contribution is -0.131. The molecule has 3 nitrogen and oxygen atoms in total. The van der Waals surface area contributed by atoms with E-state index in [1.165, 1.54) is 13.8 Å². The molecule has 0 amide bonds. The maximum absolute atomic E-state index is 10.3. The third kappa shape index (κ3) is 3.46. The number of carboxylic acid groups (broad SMARTS) is 1. The molecule has 0 saturated carbocycles. The second kappa shape index (κ2) is 3.02. The first-order valence-corrected chi connectivity index (χ1v) is 2.46. The van der Waals surface area contributed by atoms with Gasteiger partial charge in [0, 0.05) is 6.08 Å². The molecule has 0 fully saturated rings. The van der Waals surface area contributed by atoms with Gasteiger partial charge in [0.1, 0.15) is 0 Å². The lowest BCUT2D eigenvalue weighted by Crippen LogP contribution is -1.96. The first-order chi connectivity index (χ1) is 4.04. The first-order valence-electron chi connectivity index (χ1n) is 2.46. The maximum Gasteiger partial charge on any atom is 0.328 e. The van der Waals surface area contributed by atoms with Crippen molar-refractivity contribution in [2.45, 2.75) is 13.8 Å². The lowest BCUT2D eigenvalue weighted by atomic mass is 10.2. The highest BCUT2D eigenvalue weighted by atomic mass is 16.4. The zero-order chi connectivity index (χ0) is 7.44. The normalized spacial score (nSPS) is 11.1. The Kier molecular flexibility index (Phi) is 2.64. The molecule has 9 heavy (non-hydrogen) atoms. The number of Topliss-reactive ketones (excluding diaryl/α,β-unsaturated/α-hetero) is 1. The number of hydrogen-bond acceptors (Lipinski definition) is 2. The van der Waals surface area contributed by atoms with E-state index in [2.05, 4.69) is 0 Å². The van der Waals surface area contributed by atoms with Gasteiger partial charge in [0.05, 0.1) is 0 Å². The number of hydrogen-bond donors (Lipinski definition) is 1. The molecule has 0 saturated heterocycles. The molecular weight excluding hydrogens is 120 g/mol. The van der Waals surface area contributed by atoms with E-state index in [1.54, 1.807) is 0 Å². The van der Waals surface area contributed by atoms with Crippen LogP contribution < -0.4 is 0 Å². The third-order valence-electron chi connectivity index (χ3n) is 0.895. The summed E-state index contributed by atoms with van der Waals surface area (Å²) in [7, 11) is 0. The molecule has 0 aromatic carbocycles. The molecule has 0 aromatic rings. The molecule has 0 spiro atoms. The minimum Gasteiger partial charge on any atom is -0.478 e. The molecule has 0 aliphatic carbocycles. The van der Waals surface area contributed by atoms with Crippen molar-refractivity contribution in [1.29, 1.82) is 0 Å². The summed E-state index contributed by atoms with van der Waals surface area (Å²) < 4.78 is 0. The second-order valence-corrected chi connectivity index (χ2v) is 1.72. The summed E-state index contributed by atoms with van der Waals surface area (Å²) in [6.45, 7) is 2.80. The molecule has 3 heteroatoms. The number of carbonyl (C=O) groups excluding carboxylic acids is 1. The number of carboxylic acids is 1. The van der Waals surface area contributed by atoms with Crippen LogP contribution in [0.2, 0.25) is 0 Å². The van der Waals surface area contributed by atoms with Gasteiger partial charge in [-0.1, -0.05) is 0 Å². The Morgan fingerprint density at radius 3 is 1.89 bits per heavy atom. The summed E-state index contributed by atoms with van der Waals surface area (Å²) in [5, 5.41) is 8.10. The second-order valence-electron chi connectivity index (χ2n) is 1.72. The van der Waals surface area contributed by atoms with Crippen molar-refractivity contribution >= 4 is 11.8 Å². The Labute approximate surface area is 53.0 Å². The van der Waals surface area contributed by atoms with E-state index in [4.69, 9.17) is 5.11 Å². The van der Waals surface area contributed by atoms with Crippen LogP contribution in [0, 0.1) is 0 Å². The van der Waals surface area contributed by atoms with Gasteiger partial charge in [-0.05, 0) is 19.4 Å². The van der Waals surface area contributed by atoms with Gasteiger partial charge in [-0.25, -0.2) is 4.79 Å². The van der Waals surface area contributed by atoms with Crippen molar-refractivity contribution < 1.29 is 14.7 Å². The average Bonchev–Trinajstić information content (AvgIpc) is 1.63. The number of ketones is 1. The SMILES string of the molecule is CC(=O)/C(C)=C/C(=O)O. The van der Waals surface area contributed by atoms with Crippen molar-refractivity contribution in [2.24, 2.45) is 0 Å². The maximum atomic E-state index is 10.3. The molecule has 0 heterocycles. The summed E-state index contributed by atoms with van der Waals surface area (Å²) in [6.07, 6.45) is 0.891. The van der Waals surface area contributed by atoms with Crippen LogP contribution in [0.15, 0.2) is 11.6 Å². The number of rotatable bonds is 2. The Balaban J connectivity index is 4.17. The molecule has 0 radical (unpaired) electrons. The zero-order valence-corrected chi connectivity index (χ0v) is 5.34. The zero-order valence-electron chi connectivity index (χ0n) is 5.34. The van der Waals surface area contributed by atoms with Crippen LogP contribution in [-0.4, -0.2) is 16.9 Å². The molecule has 0 unspecified atom stereocenters. The quantitative estimate of drug-likeness (QED) is 0.554. The Morgan fingerprint density at radius 2 is 1.78 bits per heavy atom. The van der Waals surface area contributed by atoms with Crippen molar-refractivity contribution in [2.75, 3.05) is 0 Å². The van der Waals surface area contributed by atoms with Crippen LogP contribution in [0.5, 0.6) is 0 Å². The van der Waals surface area contributed by atoms with Crippen LogP contribution in [0.4, 0.5) is 0 Å². The molecular formula is C6H8O3. The van der Waals surface area contributed by atoms with E-state index >= 15 is 0 Å². The fourth-order valence-electron chi connectivity index (χ4n) is 0.287. The molecule has 0 bridgehead atoms. The third-order valence-corrected chi connectivity index (χ3v) is 0.895.